The van der Waals surface area contributed by atoms with Crippen LogP contribution in [0.3, 0.4) is 0 Å². The average molecular weight is 268 g/mol. The van der Waals surface area contributed by atoms with E-state index in [0.717, 1.165) is 18.4 Å². The summed E-state index contributed by atoms with van der Waals surface area (Å²) in [7, 11) is 0. The van der Waals surface area contributed by atoms with Gasteiger partial charge >= 0.3 is 0 Å². The third kappa shape index (κ3) is 2.86. The molecule has 3 aromatic rings. The lowest BCUT2D eigenvalue weighted by Crippen LogP contribution is -1.98. The Morgan fingerprint density at radius 1 is 0.947 bits per heavy atom. The van der Waals surface area contributed by atoms with E-state index in [1.165, 1.54) is 15.6 Å². The maximum atomic E-state index is 10.3. The van der Waals surface area contributed by atoms with Crippen LogP contribution in [0.4, 0.5) is 0 Å². The Morgan fingerprint density at radius 3 is 2.58 bits per heavy atom. The molecule has 3 rings (SSSR count). The van der Waals surface area contributed by atoms with Crippen LogP contribution < -0.4 is 0 Å². The Morgan fingerprint density at radius 2 is 1.79 bits per heavy atom. The molecule has 0 saturated heterocycles. The van der Waals surface area contributed by atoms with E-state index in [2.05, 4.69) is 41.8 Å². The number of aliphatic hydroxyl groups excluding tert-OH is 1. The molecule has 19 heavy (non-hydrogen) atoms. The second-order valence-electron chi connectivity index (χ2n) is 4.74. The fourth-order valence-corrected chi connectivity index (χ4v) is 3.04. The summed E-state index contributed by atoms with van der Waals surface area (Å²) in [5, 5.41) is 14.8. The number of rotatable bonds is 4. The van der Waals surface area contributed by atoms with Crippen molar-refractivity contribution >= 4 is 22.1 Å². The van der Waals surface area contributed by atoms with Crippen molar-refractivity contribution < 1.29 is 5.11 Å². The fourth-order valence-electron chi connectivity index (χ4n) is 2.32. The maximum absolute atomic E-state index is 10.3. The van der Waals surface area contributed by atoms with E-state index in [-0.39, 0.29) is 6.10 Å². The first kappa shape index (κ1) is 12.4. The first-order valence-electron chi connectivity index (χ1n) is 6.52. The van der Waals surface area contributed by atoms with Gasteiger partial charge in [0, 0.05) is 4.88 Å². The highest BCUT2D eigenvalue weighted by atomic mass is 32.1. The molecule has 1 N–H and O–H groups in total. The van der Waals surface area contributed by atoms with E-state index in [9.17, 15) is 5.11 Å². The van der Waals surface area contributed by atoms with Crippen molar-refractivity contribution in [3.63, 3.8) is 0 Å². The second-order valence-corrected chi connectivity index (χ2v) is 5.77. The SMILES string of the molecule is OC(CCc1cccs1)c1ccc2ccccc2c1. The van der Waals surface area contributed by atoms with Crippen LogP contribution in [-0.4, -0.2) is 5.11 Å². The Labute approximate surface area is 117 Å². The van der Waals surface area contributed by atoms with Crippen molar-refractivity contribution in [2.75, 3.05) is 0 Å². The Bertz CT molecular complexity index is 658. The van der Waals surface area contributed by atoms with Gasteiger partial charge in [-0.1, -0.05) is 42.5 Å². The Hall–Kier alpha value is -1.64. The number of thiophene rings is 1. The van der Waals surface area contributed by atoms with Gasteiger partial charge in [0.2, 0.25) is 0 Å². The van der Waals surface area contributed by atoms with E-state index in [1.54, 1.807) is 11.3 Å². The average Bonchev–Trinajstić information content (AvgIpc) is 2.97. The molecule has 1 unspecified atom stereocenters. The normalized spacial score (nSPS) is 12.7. The first-order valence-corrected chi connectivity index (χ1v) is 7.40. The van der Waals surface area contributed by atoms with Gasteiger partial charge in [-0.25, -0.2) is 0 Å². The molecule has 0 bridgehead atoms. The molecule has 1 nitrogen and oxygen atoms in total. The monoisotopic (exact) mass is 268 g/mol. The number of hydrogen-bond donors (Lipinski definition) is 1. The minimum Gasteiger partial charge on any atom is -0.388 e. The van der Waals surface area contributed by atoms with Crippen LogP contribution in [0.25, 0.3) is 10.8 Å². The fraction of sp³-hybridized carbons (Fsp3) is 0.176. The minimum atomic E-state index is -0.383. The van der Waals surface area contributed by atoms with E-state index >= 15 is 0 Å². The smallest absolute Gasteiger partial charge is 0.0793 e. The molecule has 2 heteroatoms. The zero-order chi connectivity index (χ0) is 13.1. The van der Waals surface area contributed by atoms with Crippen LogP contribution in [-0.2, 0) is 6.42 Å². The number of benzene rings is 2. The third-order valence-corrected chi connectivity index (χ3v) is 4.34. The second kappa shape index (κ2) is 5.55. The molecule has 96 valence electrons. The van der Waals surface area contributed by atoms with Crippen molar-refractivity contribution in [1.29, 1.82) is 0 Å². The van der Waals surface area contributed by atoms with Crippen LogP contribution in [0.15, 0.2) is 60.0 Å². The zero-order valence-corrected chi connectivity index (χ0v) is 11.4. The summed E-state index contributed by atoms with van der Waals surface area (Å²) in [6.45, 7) is 0. The van der Waals surface area contributed by atoms with Crippen molar-refractivity contribution in [3.8, 4) is 0 Å². The molecule has 0 aliphatic heterocycles. The lowest BCUT2D eigenvalue weighted by molar-refractivity contribution is 0.168. The molecular formula is C17H16OS. The highest BCUT2D eigenvalue weighted by Gasteiger charge is 2.08. The Kier molecular flexibility index (Phi) is 3.62. The van der Waals surface area contributed by atoms with Gasteiger partial charge < -0.3 is 5.11 Å². The Balaban J connectivity index is 1.75. The largest absolute Gasteiger partial charge is 0.388 e. The van der Waals surface area contributed by atoms with Gasteiger partial charge in [0.05, 0.1) is 6.10 Å². The molecule has 0 fully saturated rings. The van der Waals surface area contributed by atoms with Gasteiger partial charge in [-0.3, -0.25) is 0 Å². The van der Waals surface area contributed by atoms with Crippen LogP contribution >= 0.6 is 11.3 Å². The molecule has 1 heterocycles. The van der Waals surface area contributed by atoms with Crippen LogP contribution in [0.5, 0.6) is 0 Å². The summed E-state index contributed by atoms with van der Waals surface area (Å²) in [5.74, 6) is 0. The summed E-state index contributed by atoms with van der Waals surface area (Å²) in [4.78, 5) is 1.33. The van der Waals surface area contributed by atoms with Crippen LogP contribution in [0.1, 0.15) is 23.0 Å². The zero-order valence-electron chi connectivity index (χ0n) is 10.6. The molecule has 0 amide bonds. The summed E-state index contributed by atoms with van der Waals surface area (Å²) in [6.07, 6.45) is 1.33. The predicted molar refractivity (Wildman–Crippen MR) is 81.5 cm³/mol. The van der Waals surface area contributed by atoms with E-state index in [0.29, 0.717) is 0 Å². The predicted octanol–water partition coefficient (Wildman–Crippen LogP) is 4.57. The standard InChI is InChI=1S/C17H16OS/c18-17(10-9-16-6-3-11-19-16)15-8-7-13-4-1-2-5-14(13)12-15/h1-8,11-12,17-18H,9-10H2. The van der Waals surface area contributed by atoms with Crippen molar-refractivity contribution in [1.82, 2.24) is 0 Å². The summed E-state index contributed by atoms with van der Waals surface area (Å²) in [5.41, 5.74) is 1.01. The summed E-state index contributed by atoms with van der Waals surface area (Å²) in [6, 6.07) is 18.6. The molecule has 0 radical (unpaired) electrons. The van der Waals surface area contributed by atoms with Crippen molar-refractivity contribution in [3.05, 3.63) is 70.4 Å². The molecule has 1 atom stereocenters. The number of aryl methyl sites for hydroxylation is 1. The lowest BCUT2D eigenvalue weighted by Gasteiger charge is -2.11. The molecule has 1 aromatic heterocycles. The van der Waals surface area contributed by atoms with E-state index < -0.39 is 0 Å². The van der Waals surface area contributed by atoms with Gasteiger partial charge in [0.1, 0.15) is 0 Å². The summed E-state index contributed by atoms with van der Waals surface area (Å²) >= 11 is 1.75. The topological polar surface area (TPSA) is 20.2 Å². The van der Waals surface area contributed by atoms with Gasteiger partial charge in [-0.05, 0) is 46.7 Å². The van der Waals surface area contributed by atoms with Crippen LogP contribution in [0.2, 0.25) is 0 Å². The third-order valence-electron chi connectivity index (χ3n) is 3.40. The molecule has 0 spiro atoms. The number of aliphatic hydroxyl groups is 1. The molecule has 0 saturated carbocycles. The quantitative estimate of drug-likeness (QED) is 0.735. The van der Waals surface area contributed by atoms with Gasteiger partial charge in [-0.15, -0.1) is 11.3 Å². The van der Waals surface area contributed by atoms with Crippen molar-refractivity contribution in [2.45, 2.75) is 18.9 Å². The first-order chi connectivity index (χ1) is 9.33. The van der Waals surface area contributed by atoms with Gasteiger partial charge in [0.25, 0.3) is 0 Å². The molecule has 2 aromatic carbocycles. The summed E-state index contributed by atoms with van der Waals surface area (Å²) < 4.78 is 0. The van der Waals surface area contributed by atoms with Gasteiger partial charge in [-0.2, -0.15) is 0 Å². The van der Waals surface area contributed by atoms with Crippen molar-refractivity contribution in [2.24, 2.45) is 0 Å². The maximum Gasteiger partial charge on any atom is 0.0793 e. The number of hydrogen-bond acceptors (Lipinski definition) is 2. The minimum absolute atomic E-state index is 0.383. The molecule has 0 aliphatic carbocycles. The molecule has 0 aliphatic rings. The van der Waals surface area contributed by atoms with E-state index in [4.69, 9.17) is 0 Å². The molecular weight excluding hydrogens is 252 g/mol. The highest BCUT2D eigenvalue weighted by molar-refractivity contribution is 7.09. The van der Waals surface area contributed by atoms with Gasteiger partial charge in [0.15, 0.2) is 0 Å². The number of fused-ring (bicyclic) bond motifs is 1. The van der Waals surface area contributed by atoms with E-state index in [1.807, 2.05) is 18.2 Å². The lowest BCUT2D eigenvalue weighted by atomic mass is 10.0. The highest BCUT2D eigenvalue weighted by Crippen LogP contribution is 2.24. The van der Waals surface area contributed by atoms with Crippen LogP contribution in [0, 0.1) is 0 Å².